The molecule has 1 aromatic rings. The van der Waals surface area contributed by atoms with Gasteiger partial charge in [-0.1, -0.05) is 19.3 Å². The molecule has 0 amide bonds. The summed E-state index contributed by atoms with van der Waals surface area (Å²) in [5, 5.41) is 11.5. The second-order valence-electron chi connectivity index (χ2n) is 4.77. The van der Waals surface area contributed by atoms with Crippen LogP contribution in [0.15, 0.2) is 5.38 Å². The van der Waals surface area contributed by atoms with Crippen molar-refractivity contribution in [2.45, 2.75) is 44.2 Å². The molecule has 0 bridgehead atoms. The molecule has 1 heterocycles. The Morgan fingerprint density at radius 1 is 1.56 bits per heavy atom. The number of aliphatic carboxylic acids is 1. The number of hydrogen-bond donors (Lipinski definition) is 2. The Balaban J connectivity index is 2.06. The smallest absolute Gasteiger partial charge is 0.326 e. The second kappa shape index (κ2) is 5.67. The molecule has 5 nitrogen and oxygen atoms in total. The first-order chi connectivity index (χ1) is 8.59. The van der Waals surface area contributed by atoms with Gasteiger partial charge in [-0.05, 0) is 12.8 Å². The molecule has 2 rings (SSSR count). The third-order valence-electron chi connectivity index (χ3n) is 3.52. The molecule has 1 aromatic heterocycles. The quantitative estimate of drug-likeness (QED) is 0.874. The molecule has 1 unspecified atom stereocenters. The molecular formula is C12H19N3O2S. The van der Waals surface area contributed by atoms with E-state index in [4.69, 9.17) is 10.8 Å². The molecule has 1 atom stereocenters. The molecule has 1 aliphatic carbocycles. The number of thiazole rings is 1. The summed E-state index contributed by atoms with van der Waals surface area (Å²) < 4.78 is 0. The van der Waals surface area contributed by atoms with Crippen molar-refractivity contribution in [3.8, 4) is 0 Å². The number of anilines is 1. The largest absolute Gasteiger partial charge is 0.480 e. The topological polar surface area (TPSA) is 79.5 Å². The van der Waals surface area contributed by atoms with E-state index >= 15 is 0 Å². The lowest BCUT2D eigenvalue weighted by Gasteiger charge is -2.30. The number of hydrogen-bond acceptors (Lipinski definition) is 5. The van der Waals surface area contributed by atoms with Gasteiger partial charge < -0.3 is 15.7 Å². The Bertz CT molecular complexity index is 415. The van der Waals surface area contributed by atoms with Gasteiger partial charge in [-0.2, -0.15) is 0 Å². The van der Waals surface area contributed by atoms with Crippen LogP contribution in [0.25, 0.3) is 0 Å². The fourth-order valence-corrected chi connectivity index (χ4v) is 3.23. The Labute approximate surface area is 111 Å². The molecule has 100 valence electrons. The lowest BCUT2D eigenvalue weighted by atomic mass is 9.95. The summed E-state index contributed by atoms with van der Waals surface area (Å²) in [6.07, 6.45) is 6.23. The molecule has 18 heavy (non-hydrogen) atoms. The molecular weight excluding hydrogens is 250 g/mol. The number of aromatic nitrogens is 1. The highest BCUT2D eigenvalue weighted by Gasteiger charge is 2.23. The van der Waals surface area contributed by atoms with Gasteiger partial charge in [-0.3, -0.25) is 4.79 Å². The van der Waals surface area contributed by atoms with Gasteiger partial charge in [0, 0.05) is 18.5 Å². The Hall–Kier alpha value is -1.14. The van der Waals surface area contributed by atoms with Gasteiger partial charge in [0.1, 0.15) is 6.04 Å². The van der Waals surface area contributed by atoms with E-state index in [2.05, 4.69) is 9.88 Å². The summed E-state index contributed by atoms with van der Waals surface area (Å²) in [5.74, 6) is -1.04. The Morgan fingerprint density at radius 3 is 2.83 bits per heavy atom. The summed E-state index contributed by atoms with van der Waals surface area (Å²) in [7, 11) is 2.03. The number of rotatable bonds is 4. The molecule has 0 radical (unpaired) electrons. The predicted molar refractivity (Wildman–Crippen MR) is 72.0 cm³/mol. The van der Waals surface area contributed by atoms with Gasteiger partial charge in [0.2, 0.25) is 0 Å². The summed E-state index contributed by atoms with van der Waals surface area (Å²) in [6, 6.07) is -0.492. The highest BCUT2D eigenvalue weighted by Crippen LogP contribution is 2.29. The van der Waals surface area contributed by atoms with Crippen molar-refractivity contribution in [1.82, 2.24) is 4.98 Å². The average molecular weight is 269 g/mol. The van der Waals surface area contributed by atoms with E-state index in [1.807, 2.05) is 7.05 Å². The average Bonchev–Trinajstić information content (AvgIpc) is 2.87. The summed E-state index contributed by atoms with van der Waals surface area (Å²) in [5.41, 5.74) is 6.01. The van der Waals surface area contributed by atoms with Crippen LogP contribution in [-0.4, -0.2) is 29.1 Å². The first-order valence-corrected chi connectivity index (χ1v) is 7.14. The van der Waals surface area contributed by atoms with E-state index in [9.17, 15) is 4.79 Å². The van der Waals surface area contributed by atoms with E-state index in [-0.39, 0.29) is 0 Å². The van der Waals surface area contributed by atoms with Crippen LogP contribution in [0.2, 0.25) is 0 Å². The molecule has 0 aliphatic heterocycles. The minimum atomic E-state index is -1.04. The molecule has 0 spiro atoms. The lowest BCUT2D eigenvalue weighted by Crippen LogP contribution is -2.33. The predicted octanol–water partition coefficient (Wildman–Crippen LogP) is 2.00. The molecule has 1 fully saturated rings. The fourth-order valence-electron chi connectivity index (χ4n) is 2.33. The maximum absolute atomic E-state index is 10.8. The second-order valence-corrected chi connectivity index (χ2v) is 5.61. The van der Waals surface area contributed by atoms with Crippen molar-refractivity contribution in [1.29, 1.82) is 0 Å². The minimum Gasteiger partial charge on any atom is -0.480 e. The van der Waals surface area contributed by atoms with Crippen molar-refractivity contribution in [3.63, 3.8) is 0 Å². The van der Waals surface area contributed by atoms with Gasteiger partial charge in [0.25, 0.3) is 0 Å². The van der Waals surface area contributed by atoms with E-state index in [0.717, 1.165) is 5.13 Å². The number of nitrogens with two attached hydrogens (primary N) is 1. The standard InChI is InChI=1S/C12H19N3O2S/c1-15(8-5-3-2-4-6-8)12-14-9(7-18-12)10(13)11(16)17/h7-8,10H,2-6,13H2,1H3,(H,16,17). The van der Waals surface area contributed by atoms with Crippen LogP contribution in [0.1, 0.15) is 43.8 Å². The Morgan fingerprint density at radius 2 is 2.22 bits per heavy atom. The van der Waals surface area contributed by atoms with Crippen LogP contribution in [0, 0.1) is 0 Å². The zero-order chi connectivity index (χ0) is 13.1. The number of nitrogens with zero attached hydrogens (tertiary/aromatic N) is 2. The van der Waals surface area contributed by atoms with Crippen LogP contribution >= 0.6 is 11.3 Å². The van der Waals surface area contributed by atoms with Crippen LogP contribution in [0.3, 0.4) is 0 Å². The third kappa shape index (κ3) is 2.81. The van der Waals surface area contributed by atoms with E-state index in [1.54, 1.807) is 5.38 Å². The maximum atomic E-state index is 10.8. The SMILES string of the molecule is CN(c1nc(C(N)C(=O)O)cs1)C1CCCCC1. The monoisotopic (exact) mass is 269 g/mol. The number of carboxylic acid groups (broad SMARTS) is 1. The van der Waals surface area contributed by atoms with Crippen LogP contribution in [0.4, 0.5) is 5.13 Å². The van der Waals surface area contributed by atoms with Gasteiger partial charge in [-0.25, -0.2) is 4.98 Å². The molecule has 1 saturated carbocycles. The van der Waals surface area contributed by atoms with Crippen molar-refractivity contribution in [2.24, 2.45) is 5.73 Å². The first-order valence-electron chi connectivity index (χ1n) is 6.26. The molecule has 3 N–H and O–H groups in total. The highest BCUT2D eigenvalue weighted by atomic mass is 32.1. The van der Waals surface area contributed by atoms with Gasteiger partial charge in [0.15, 0.2) is 5.13 Å². The fraction of sp³-hybridized carbons (Fsp3) is 0.667. The van der Waals surface area contributed by atoms with Crippen molar-refractivity contribution >= 4 is 22.4 Å². The minimum absolute atomic E-state index is 0.449. The van der Waals surface area contributed by atoms with E-state index in [0.29, 0.717) is 11.7 Å². The highest BCUT2D eigenvalue weighted by molar-refractivity contribution is 7.13. The van der Waals surface area contributed by atoms with Crippen LogP contribution in [-0.2, 0) is 4.79 Å². The van der Waals surface area contributed by atoms with E-state index in [1.165, 1.54) is 43.4 Å². The number of carbonyl (C=O) groups is 1. The van der Waals surface area contributed by atoms with E-state index < -0.39 is 12.0 Å². The van der Waals surface area contributed by atoms with Gasteiger partial charge >= 0.3 is 5.97 Å². The summed E-state index contributed by atoms with van der Waals surface area (Å²) in [6.45, 7) is 0. The third-order valence-corrected chi connectivity index (χ3v) is 4.47. The van der Waals surface area contributed by atoms with Gasteiger partial charge in [0.05, 0.1) is 5.69 Å². The number of carboxylic acids is 1. The van der Waals surface area contributed by atoms with Crippen LogP contribution < -0.4 is 10.6 Å². The molecule has 1 aliphatic rings. The van der Waals surface area contributed by atoms with Crippen molar-refractivity contribution < 1.29 is 9.90 Å². The van der Waals surface area contributed by atoms with Crippen molar-refractivity contribution in [2.75, 3.05) is 11.9 Å². The summed E-state index contributed by atoms with van der Waals surface area (Å²) >= 11 is 1.47. The van der Waals surface area contributed by atoms with Crippen LogP contribution in [0.5, 0.6) is 0 Å². The Kier molecular flexibility index (Phi) is 4.19. The zero-order valence-corrected chi connectivity index (χ0v) is 11.3. The zero-order valence-electron chi connectivity index (χ0n) is 10.5. The molecule has 0 aromatic carbocycles. The van der Waals surface area contributed by atoms with Crippen molar-refractivity contribution in [3.05, 3.63) is 11.1 Å². The lowest BCUT2D eigenvalue weighted by molar-refractivity contribution is -0.138. The molecule has 6 heteroatoms. The molecule has 0 saturated heterocycles. The first kappa shape index (κ1) is 13.3. The maximum Gasteiger partial charge on any atom is 0.326 e. The summed E-state index contributed by atoms with van der Waals surface area (Å²) in [4.78, 5) is 17.3. The van der Waals surface area contributed by atoms with Gasteiger partial charge in [-0.15, -0.1) is 11.3 Å². The normalized spacial score (nSPS) is 18.6.